The molecule has 0 aliphatic heterocycles. The lowest BCUT2D eigenvalue weighted by atomic mass is 10.0. The van der Waals surface area contributed by atoms with Crippen molar-refractivity contribution in [1.29, 1.82) is 0 Å². The molecule has 1 rings (SSSR count). The van der Waals surface area contributed by atoms with E-state index in [1.54, 1.807) is 0 Å². The first-order chi connectivity index (χ1) is 8.58. The second-order valence-corrected chi connectivity index (χ2v) is 5.02. The molecule has 2 unspecified atom stereocenters. The van der Waals surface area contributed by atoms with Crippen molar-refractivity contribution in [2.75, 3.05) is 6.61 Å². The minimum Gasteiger partial charge on any atom is -0.486 e. The average molecular weight is 251 g/mol. The van der Waals surface area contributed by atoms with E-state index >= 15 is 0 Å². The van der Waals surface area contributed by atoms with Gasteiger partial charge in [-0.05, 0) is 30.0 Å². The number of aliphatic hydroxyl groups excluding tert-OH is 1. The molecule has 0 aliphatic carbocycles. The van der Waals surface area contributed by atoms with Crippen LogP contribution in [0.3, 0.4) is 0 Å². The topological polar surface area (TPSA) is 55.5 Å². The van der Waals surface area contributed by atoms with E-state index in [9.17, 15) is 5.11 Å². The van der Waals surface area contributed by atoms with Crippen molar-refractivity contribution in [3.63, 3.8) is 0 Å². The third-order valence-electron chi connectivity index (χ3n) is 3.09. The predicted molar refractivity (Wildman–Crippen MR) is 74.9 cm³/mol. The highest BCUT2D eigenvalue weighted by atomic mass is 16.5. The van der Waals surface area contributed by atoms with Crippen LogP contribution in [-0.2, 0) is 0 Å². The summed E-state index contributed by atoms with van der Waals surface area (Å²) in [5.41, 5.74) is 7.23. The number of hydrogen-bond acceptors (Lipinski definition) is 3. The molecule has 0 saturated carbocycles. The Morgan fingerprint density at radius 1 is 1.33 bits per heavy atom. The predicted octanol–water partition coefficient (Wildman–Crippen LogP) is 2.68. The SMILES string of the molecule is CCCC(N)C(CO)Oc1cccc(C(C)C)c1. The molecule has 0 bridgehead atoms. The maximum absolute atomic E-state index is 9.36. The van der Waals surface area contributed by atoms with E-state index in [0.717, 1.165) is 18.6 Å². The van der Waals surface area contributed by atoms with E-state index in [0.29, 0.717) is 5.92 Å². The Balaban J connectivity index is 2.72. The number of nitrogens with two attached hydrogens (primary N) is 1. The van der Waals surface area contributed by atoms with Crippen LogP contribution in [0.1, 0.15) is 45.1 Å². The van der Waals surface area contributed by atoms with Gasteiger partial charge in [0.05, 0.1) is 6.61 Å². The third-order valence-corrected chi connectivity index (χ3v) is 3.09. The van der Waals surface area contributed by atoms with Gasteiger partial charge in [0, 0.05) is 6.04 Å². The number of hydrogen-bond donors (Lipinski definition) is 2. The fraction of sp³-hybridized carbons (Fsp3) is 0.600. The first-order valence-electron chi connectivity index (χ1n) is 6.71. The zero-order valence-electron chi connectivity index (χ0n) is 11.6. The van der Waals surface area contributed by atoms with E-state index in [4.69, 9.17) is 10.5 Å². The maximum Gasteiger partial charge on any atom is 0.137 e. The molecule has 2 atom stereocenters. The number of aliphatic hydroxyl groups is 1. The second kappa shape index (κ2) is 7.39. The highest BCUT2D eigenvalue weighted by Crippen LogP contribution is 2.21. The Bertz CT molecular complexity index is 352. The number of benzene rings is 1. The van der Waals surface area contributed by atoms with Gasteiger partial charge in [-0.25, -0.2) is 0 Å². The first kappa shape index (κ1) is 15.0. The molecule has 0 saturated heterocycles. The highest BCUT2D eigenvalue weighted by molar-refractivity contribution is 5.30. The lowest BCUT2D eigenvalue weighted by Crippen LogP contribution is -2.41. The highest BCUT2D eigenvalue weighted by Gasteiger charge is 2.18. The van der Waals surface area contributed by atoms with Crippen molar-refractivity contribution < 1.29 is 9.84 Å². The second-order valence-electron chi connectivity index (χ2n) is 5.02. The molecule has 0 radical (unpaired) electrons. The summed E-state index contributed by atoms with van der Waals surface area (Å²) in [7, 11) is 0. The Hall–Kier alpha value is -1.06. The van der Waals surface area contributed by atoms with Crippen LogP contribution in [-0.4, -0.2) is 23.9 Å². The number of ether oxygens (including phenoxy) is 1. The summed E-state index contributed by atoms with van der Waals surface area (Å²) in [6.45, 7) is 6.32. The summed E-state index contributed by atoms with van der Waals surface area (Å²) < 4.78 is 5.79. The molecule has 0 heterocycles. The monoisotopic (exact) mass is 251 g/mol. The Labute approximate surface area is 110 Å². The van der Waals surface area contributed by atoms with Gasteiger partial charge in [0.15, 0.2) is 0 Å². The molecule has 0 aromatic heterocycles. The summed E-state index contributed by atoms with van der Waals surface area (Å²) in [6, 6.07) is 7.86. The van der Waals surface area contributed by atoms with Crippen LogP contribution in [0.2, 0.25) is 0 Å². The molecule has 1 aromatic rings. The van der Waals surface area contributed by atoms with E-state index in [-0.39, 0.29) is 18.8 Å². The Kier molecular flexibility index (Phi) is 6.16. The summed E-state index contributed by atoms with van der Waals surface area (Å²) in [4.78, 5) is 0. The fourth-order valence-corrected chi connectivity index (χ4v) is 1.90. The zero-order valence-corrected chi connectivity index (χ0v) is 11.6. The summed E-state index contributed by atoms with van der Waals surface area (Å²) in [5.74, 6) is 1.25. The normalized spacial score (nSPS) is 14.6. The molecule has 3 N–H and O–H groups in total. The average Bonchev–Trinajstić information content (AvgIpc) is 2.36. The lowest BCUT2D eigenvalue weighted by Gasteiger charge is -2.23. The minimum atomic E-state index is -0.327. The Morgan fingerprint density at radius 3 is 2.61 bits per heavy atom. The molecular weight excluding hydrogens is 226 g/mol. The van der Waals surface area contributed by atoms with Crippen molar-refractivity contribution in [1.82, 2.24) is 0 Å². The van der Waals surface area contributed by atoms with Gasteiger partial charge in [-0.3, -0.25) is 0 Å². The molecular formula is C15H25NO2. The summed E-state index contributed by atoms with van der Waals surface area (Å²) in [5, 5.41) is 9.36. The van der Waals surface area contributed by atoms with Crippen LogP contribution in [0.4, 0.5) is 0 Å². The first-order valence-corrected chi connectivity index (χ1v) is 6.71. The lowest BCUT2D eigenvalue weighted by molar-refractivity contribution is 0.0916. The zero-order chi connectivity index (χ0) is 13.5. The molecule has 0 fully saturated rings. The standard InChI is InChI=1S/C15H25NO2/c1-4-6-14(16)15(10-17)18-13-8-5-7-12(9-13)11(2)3/h5,7-9,11,14-15,17H,4,6,10,16H2,1-3H3. The van der Waals surface area contributed by atoms with E-state index in [1.165, 1.54) is 5.56 Å². The van der Waals surface area contributed by atoms with E-state index < -0.39 is 0 Å². The van der Waals surface area contributed by atoms with Gasteiger partial charge in [0.1, 0.15) is 11.9 Å². The number of rotatable bonds is 7. The van der Waals surface area contributed by atoms with E-state index in [1.807, 2.05) is 18.2 Å². The largest absolute Gasteiger partial charge is 0.486 e. The van der Waals surface area contributed by atoms with Gasteiger partial charge in [-0.15, -0.1) is 0 Å². The van der Waals surface area contributed by atoms with Crippen molar-refractivity contribution in [2.24, 2.45) is 5.73 Å². The summed E-state index contributed by atoms with van der Waals surface area (Å²) >= 11 is 0. The van der Waals surface area contributed by atoms with Crippen LogP contribution >= 0.6 is 0 Å². The van der Waals surface area contributed by atoms with Gasteiger partial charge >= 0.3 is 0 Å². The van der Waals surface area contributed by atoms with Gasteiger partial charge in [-0.1, -0.05) is 39.3 Å². The molecule has 18 heavy (non-hydrogen) atoms. The van der Waals surface area contributed by atoms with E-state index in [2.05, 4.69) is 26.8 Å². The smallest absolute Gasteiger partial charge is 0.137 e. The quantitative estimate of drug-likeness (QED) is 0.783. The molecule has 0 aliphatic rings. The van der Waals surface area contributed by atoms with Crippen molar-refractivity contribution in [3.8, 4) is 5.75 Å². The maximum atomic E-state index is 9.36. The van der Waals surface area contributed by atoms with Crippen molar-refractivity contribution in [3.05, 3.63) is 29.8 Å². The fourth-order valence-electron chi connectivity index (χ4n) is 1.90. The van der Waals surface area contributed by atoms with Crippen LogP contribution in [0.15, 0.2) is 24.3 Å². The Morgan fingerprint density at radius 2 is 2.06 bits per heavy atom. The molecule has 1 aromatic carbocycles. The van der Waals surface area contributed by atoms with Gasteiger partial charge in [0.25, 0.3) is 0 Å². The van der Waals surface area contributed by atoms with Crippen molar-refractivity contribution in [2.45, 2.75) is 51.7 Å². The minimum absolute atomic E-state index is 0.0485. The third kappa shape index (κ3) is 4.31. The molecule has 3 nitrogen and oxygen atoms in total. The van der Waals surface area contributed by atoms with Crippen LogP contribution in [0.25, 0.3) is 0 Å². The van der Waals surface area contributed by atoms with Crippen molar-refractivity contribution >= 4 is 0 Å². The van der Waals surface area contributed by atoms with Gasteiger partial charge in [-0.2, -0.15) is 0 Å². The summed E-state index contributed by atoms with van der Waals surface area (Å²) in [6.07, 6.45) is 1.52. The molecule has 3 heteroatoms. The van der Waals surface area contributed by atoms with Crippen LogP contribution in [0.5, 0.6) is 5.75 Å². The molecule has 0 spiro atoms. The molecule has 0 amide bonds. The van der Waals surface area contributed by atoms with Gasteiger partial charge < -0.3 is 15.6 Å². The van der Waals surface area contributed by atoms with Gasteiger partial charge in [0.2, 0.25) is 0 Å². The molecule has 102 valence electrons. The van der Waals surface area contributed by atoms with Crippen LogP contribution in [0, 0.1) is 0 Å². The van der Waals surface area contributed by atoms with Crippen LogP contribution < -0.4 is 10.5 Å².